The van der Waals surface area contributed by atoms with E-state index in [0.717, 1.165) is 18.2 Å². The Morgan fingerprint density at radius 2 is 1.30 bits per heavy atom. The summed E-state index contributed by atoms with van der Waals surface area (Å²) < 4.78 is 96.6. The Morgan fingerprint density at radius 1 is 0.852 bits per heavy atom. The van der Waals surface area contributed by atoms with Gasteiger partial charge in [0.2, 0.25) is 0 Å². The van der Waals surface area contributed by atoms with Crippen LogP contribution in [-0.4, -0.2) is 73.6 Å². The first-order valence-corrected chi connectivity index (χ1v) is 10.9. The Kier molecular flexibility index (Phi) is 7.03. The summed E-state index contributed by atoms with van der Waals surface area (Å²) >= 11 is 4.61. The summed E-state index contributed by atoms with van der Waals surface area (Å²) in [4.78, 5) is -2.66. The maximum absolute atomic E-state index is 11.7. The monoisotopic (exact) mass is 465 g/mol. The van der Waals surface area contributed by atoms with Gasteiger partial charge in [0, 0.05) is 34.9 Å². The number of thiocarbonyl (C=S) groups is 1. The van der Waals surface area contributed by atoms with Crippen LogP contribution < -0.4 is 11.1 Å². The minimum absolute atomic E-state index is 0. The number of nitrogens with one attached hydrogen (secondary N) is 1. The van der Waals surface area contributed by atoms with E-state index in [1.165, 1.54) is 0 Å². The second kappa shape index (κ2) is 7.86. The number of anilines is 1. The molecule has 11 nitrogen and oxygen atoms in total. The molecule has 0 bridgehead atoms. The Morgan fingerprint density at radius 3 is 1.67 bits per heavy atom. The van der Waals surface area contributed by atoms with Crippen molar-refractivity contribution in [3.63, 3.8) is 0 Å². The molecule has 0 spiro atoms. The summed E-state index contributed by atoms with van der Waals surface area (Å²) in [6.45, 7) is 0. The molecule has 0 heterocycles. The normalized spacial score (nSPS) is 12.4. The first-order chi connectivity index (χ1) is 11.6. The first-order valence-electron chi connectivity index (χ1n) is 6.21. The van der Waals surface area contributed by atoms with Crippen LogP contribution >= 0.6 is 12.2 Å². The van der Waals surface area contributed by atoms with Crippen molar-refractivity contribution in [3.05, 3.63) is 24.3 Å². The SMILES string of the molecule is NC(=S)Nc1cc(S(=O)(=O)O)cc2cc(S(=O)(=O)O)cc(S(=O)(=O)O)c12.[Na]. The van der Waals surface area contributed by atoms with Crippen LogP contribution in [0.2, 0.25) is 0 Å². The van der Waals surface area contributed by atoms with Crippen molar-refractivity contribution in [2.75, 3.05) is 5.32 Å². The average Bonchev–Trinajstić information content (AvgIpc) is 2.42. The van der Waals surface area contributed by atoms with Gasteiger partial charge < -0.3 is 11.1 Å². The third-order valence-corrected chi connectivity index (χ3v) is 5.73. The standard InChI is InChI=1S/C11H10N2O9S4.Na/c12-11(23)13-8-3-6(24(14,15)16)1-5-2-7(25(17,18)19)4-9(10(5)8)26(20,21)22;/h1-4H,(H3,12,13,23)(H,14,15,16)(H,17,18,19)(H,20,21,22);. The van der Waals surface area contributed by atoms with Gasteiger partial charge in [-0.15, -0.1) is 0 Å². The summed E-state index contributed by atoms with van der Waals surface area (Å²) in [5.74, 6) is 0. The summed E-state index contributed by atoms with van der Waals surface area (Å²) in [6.07, 6.45) is 0. The van der Waals surface area contributed by atoms with Crippen LogP contribution in [0.5, 0.6) is 0 Å². The number of hydrogen-bond acceptors (Lipinski definition) is 7. The van der Waals surface area contributed by atoms with Gasteiger partial charge in [-0.1, -0.05) is 0 Å². The second-order valence-corrected chi connectivity index (χ2v) is 9.58. The second-order valence-electron chi connectivity index (χ2n) is 4.90. The number of hydrogen-bond donors (Lipinski definition) is 5. The molecule has 0 saturated carbocycles. The molecule has 0 amide bonds. The predicted molar refractivity (Wildman–Crippen MR) is 99.6 cm³/mol. The van der Waals surface area contributed by atoms with Crippen molar-refractivity contribution in [2.45, 2.75) is 14.7 Å². The quantitative estimate of drug-likeness (QED) is 0.227. The van der Waals surface area contributed by atoms with E-state index in [9.17, 15) is 34.4 Å². The molecule has 0 aliphatic carbocycles. The summed E-state index contributed by atoms with van der Waals surface area (Å²) in [6, 6.07) is 2.71. The molecule has 2 aromatic carbocycles. The average molecular weight is 465 g/mol. The van der Waals surface area contributed by atoms with Crippen LogP contribution in [0.25, 0.3) is 10.8 Å². The van der Waals surface area contributed by atoms with Gasteiger partial charge in [-0.2, -0.15) is 25.3 Å². The van der Waals surface area contributed by atoms with Crippen molar-refractivity contribution in [3.8, 4) is 0 Å². The van der Waals surface area contributed by atoms with E-state index < -0.39 is 50.2 Å². The molecule has 143 valence electrons. The first kappa shape index (κ1) is 24.2. The fourth-order valence-electron chi connectivity index (χ4n) is 2.15. The molecule has 0 aliphatic rings. The largest absolute Gasteiger partial charge is 0.376 e. The van der Waals surface area contributed by atoms with E-state index in [4.69, 9.17) is 10.3 Å². The third kappa shape index (κ3) is 5.57. The number of benzene rings is 2. The molecule has 0 fully saturated rings. The Hall–Kier alpha value is -0.880. The van der Waals surface area contributed by atoms with E-state index in [-0.39, 0.29) is 46.0 Å². The molecular formula is C11H10N2NaO9S4. The van der Waals surface area contributed by atoms with Gasteiger partial charge in [-0.25, -0.2) is 0 Å². The number of nitrogens with two attached hydrogens (primary N) is 1. The van der Waals surface area contributed by atoms with Crippen LogP contribution in [0.15, 0.2) is 39.0 Å². The van der Waals surface area contributed by atoms with Gasteiger partial charge in [0.1, 0.15) is 4.90 Å². The minimum Gasteiger partial charge on any atom is -0.376 e. The molecule has 27 heavy (non-hydrogen) atoms. The molecular weight excluding hydrogens is 455 g/mol. The fourth-order valence-corrected chi connectivity index (χ4v) is 4.19. The van der Waals surface area contributed by atoms with Crippen molar-refractivity contribution < 1.29 is 38.9 Å². The van der Waals surface area contributed by atoms with E-state index in [1.807, 2.05) is 0 Å². The third-order valence-electron chi connectivity index (χ3n) is 3.09. The number of fused-ring (bicyclic) bond motifs is 1. The molecule has 0 atom stereocenters. The molecule has 2 aromatic rings. The van der Waals surface area contributed by atoms with Crippen LogP contribution in [0.3, 0.4) is 0 Å². The van der Waals surface area contributed by atoms with E-state index >= 15 is 0 Å². The van der Waals surface area contributed by atoms with Crippen molar-refractivity contribution in [2.24, 2.45) is 5.73 Å². The molecule has 0 unspecified atom stereocenters. The topological polar surface area (TPSA) is 201 Å². The summed E-state index contributed by atoms with van der Waals surface area (Å²) in [5, 5.41) is 1.11. The Bertz CT molecular complexity index is 1250. The smallest absolute Gasteiger partial charge is 0.295 e. The molecule has 0 aliphatic heterocycles. The van der Waals surface area contributed by atoms with E-state index in [2.05, 4.69) is 17.5 Å². The minimum atomic E-state index is -5.03. The van der Waals surface area contributed by atoms with Crippen molar-refractivity contribution in [1.82, 2.24) is 0 Å². The maximum atomic E-state index is 11.7. The van der Waals surface area contributed by atoms with Crippen LogP contribution in [-0.2, 0) is 30.4 Å². The Balaban J connectivity index is 0.00000364. The van der Waals surface area contributed by atoms with Crippen molar-refractivity contribution >= 4 is 93.7 Å². The zero-order valence-electron chi connectivity index (χ0n) is 13.3. The molecule has 0 saturated heterocycles. The van der Waals surface area contributed by atoms with E-state index in [1.54, 1.807) is 0 Å². The van der Waals surface area contributed by atoms with Crippen LogP contribution in [0, 0.1) is 0 Å². The van der Waals surface area contributed by atoms with Gasteiger partial charge in [0.05, 0.1) is 15.5 Å². The van der Waals surface area contributed by atoms with Gasteiger partial charge in [0.15, 0.2) is 5.11 Å². The van der Waals surface area contributed by atoms with Crippen LogP contribution in [0.1, 0.15) is 0 Å². The summed E-state index contributed by atoms with van der Waals surface area (Å²) in [5.41, 5.74) is 4.94. The number of rotatable bonds is 4. The van der Waals surface area contributed by atoms with E-state index in [0.29, 0.717) is 6.07 Å². The summed E-state index contributed by atoms with van der Waals surface area (Å²) in [7, 11) is -14.7. The molecule has 16 heteroatoms. The molecule has 0 aromatic heterocycles. The van der Waals surface area contributed by atoms with Crippen molar-refractivity contribution in [1.29, 1.82) is 0 Å². The Labute approximate surface area is 181 Å². The maximum Gasteiger partial charge on any atom is 0.295 e. The fraction of sp³-hybridized carbons (Fsp3) is 0. The van der Waals surface area contributed by atoms with Gasteiger partial charge in [-0.05, 0) is 41.9 Å². The predicted octanol–water partition coefficient (Wildman–Crippen LogP) is -0.145. The zero-order chi connectivity index (χ0) is 20.1. The molecule has 2 rings (SSSR count). The molecule has 6 N–H and O–H groups in total. The molecule has 1 radical (unpaired) electrons. The van der Waals surface area contributed by atoms with Crippen LogP contribution in [0.4, 0.5) is 5.69 Å². The van der Waals surface area contributed by atoms with Gasteiger partial charge in [0.25, 0.3) is 30.4 Å². The van der Waals surface area contributed by atoms with Gasteiger partial charge in [-0.3, -0.25) is 13.7 Å². The zero-order valence-corrected chi connectivity index (χ0v) is 18.6. The van der Waals surface area contributed by atoms with Gasteiger partial charge >= 0.3 is 0 Å².